The van der Waals surface area contributed by atoms with Crippen LogP contribution in [-0.2, 0) is 17.2 Å². The van der Waals surface area contributed by atoms with Crippen molar-refractivity contribution in [3.8, 4) is 0 Å². The average molecular weight is 421 g/mol. The van der Waals surface area contributed by atoms with Crippen molar-refractivity contribution >= 4 is 16.4 Å². The van der Waals surface area contributed by atoms with Gasteiger partial charge in [0.15, 0.2) is 0 Å². The highest BCUT2D eigenvalue weighted by Gasteiger charge is 2.23. The Kier molecular flexibility index (Phi) is 5.95. The van der Waals surface area contributed by atoms with Crippen LogP contribution >= 0.6 is 0 Å². The lowest BCUT2D eigenvalue weighted by atomic mass is 9.83. The van der Waals surface area contributed by atoms with Gasteiger partial charge in [0.2, 0.25) is 0 Å². The van der Waals surface area contributed by atoms with Crippen LogP contribution in [0.1, 0.15) is 47.6 Å². The van der Waals surface area contributed by atoms with Gasteiger partial charge in [-0.3, -0.25) is 14.0 Å². The highest BCUT2D eigenvalue weighted by molar-refractivity contribution is 7.84. The van der Waals surface area contributed by atoms with Gasteiger partial charge in [0, 0.05) is 34.7 Å². The standard InChI is InChI=1S/C24H24N2O3S/c1-30(29)21-10-6-5-9-19(21)17-11-13-18(14-12-17)22-20(23(27)26-24(28)25-22)15-16-7-3-2-4-8-16/h2-11,18H,12-15H2,1H3,(H2,25,26,27,28). The molecule has 2 N–H and O–H groups in total. The molecule has 0 amide bonds. The van der Waals surface area contributed by atoms with Crippen LogP contribution in [0.25, 0.3) is 5.57 Å². The van der Waals surface area contributed by atoms with Gasteiger partial charge in [0.25, 0.3) is 5.56 Å². The Morgan fingerprint density at radius 2 is 1.73 bits per heavy atom. The van der Waals surface area contributed by atoms with Crippen LogP contribution in [0.3, 0.4) is 0 Å². The number of H-pyrrole nitrogens is 2. The first kappa shape index (κ1) is 20.3. The topological polar surface area (TPSA) is 82.8 Å². The van der Waals surface area contributed by atoms with Crippen molar-refractivity contribution in [3.63, 3.8) is 0 Å². The van der Waals surface area contributed by atoms with Crippen molar-refractivity contribution < 1.29 is 4.21 Å². The molecule has 30 heavy (non-hydrogen) atoms. The normalized spacial score (nSPS) is 17.4. The number of aromatic nitrogens is 2. The summed E-state index contributed by atoms with van der Waals surface area (Å²) < 4.78 is 12.1. The molecule has 2 unspecified atom stereocenters. The van der Waals surface area contributed by atoms with E-state index in [-0.39, 0.29) is 11.5 Å². The van der Waals surface area contributed by atoms with Crippen molar-refractivity contribution in [2.24, 2.45) is 0 Å². The minimum absolute atomic E-state index is 0.0711. The summed E-state index contributed by atoms with van der Waals surface area (Å²) in [5.41, 5.74) is 3.80. The van der Waals surface area contributed by atoms with Crippen LogP contribution in [0.4, 0.5) is 0 Å². The third kappa shape index (κ3) is 4.28. The van der Waals surface area contributed by atoms with Crippen molar-refractivity contribution in [2.45, 2.75) is 36.5 Å². The number of benzene rings is 2. The van der Waals surface area contributed by atoms with Crippen LogP contribution in [0.2, 0.25) is 0 Å². The third-order valence-corrected chi connectivity index (χ3v) is 6.64. The molecule has 1 aliphatic rings. The van der Waals surface area contributed by atoms with E-state index in [1.165, 1.54) is 5.57 Å². The molecule has 2 atom stereocenters. The number of rotatable bonds is 5. The average Bonchev–Trinajstić information content (AvgIpc) is 2.76. The van der Waals surface area contributed by atoms with Gasteiger partial charge in [-0.05, 0) is 42.0 Å². The molecule has 3 aromatic rings. The molecule has 1 heterocycles. The third-order valence-electron chi connectivity index (χ3n) is 5.66. The summed E-state index contributed by atoms with van der Waals surface area (Å²) in [5.74, 6) is 0.0711. The molecule has 0 aliphatic heterocycles. The van der Waals surface area contributed by atoms with E-state index in [9.17, 15) is 13.8 Å². The number of aromatic amines is 2. The summed E-state index contributed by atoms with van der Waals surface area (Å²) in [5, 5.41) is 0. The van der Waals surface area contributed by atoms with E-state index < -0.39 is 16.5 Å². The zero-order chi connectivity index (χ0) is 21.1. The fourth-order valence-electron chi connectivity index (χ4n) is 4.18. The van der Waals surface area contributed by atoms with Crippen LogP contribution in [0.15, 0.2) is 75.2 Å². The first-order valence-corrected chi connectivity index (χ1v) is 11.6. The first-order chi connectivity index (χ1) is 14.5. The van der Waals surface area contributed by atoms with E-state index in [1.54, 1.807) is 6.26 Å². The molecular weight excluding hydrogens is 396 g/mol. The Labute approximate surface area is 177 Å². The smallest absolute Gasteiger partial charge is 0.311 e. The molecule has 154 valence electrons. The van der Waals surface area contributed by atoms with E-state index in [1.807, 2.05) is 54.6 Å². The Morgan fingerprint density at radius 1 is 1.00 bits per heavy atom. The second-order valence-corrected chi connectivity index (χ2v) is 8.96. The second kappa shape index (κ2) is 8.79. The lowest BCUT2D eigenvalue weighted by molar-refractivity contribution is 0.595. The molecule has 1 aromatic heterocycles. The van der Waals surface area contributed by atoms with E-state index in [0.29, 0.717) is 12.0 Å². The van der Waals surface area contributed by atoms with E-state index >= 15 is 0 Å². The molecule has 0 saturated carbocycles. The molecule has 0 saturated heterocycles. The summed E-state index contributed by atoms with van der Waals surface area (Å²) in [4.78, 5) is 30.7. The largest absolute Gasteiger partial charge is 0.325 e. The van der Waals surface area contributed by atoms with Gasteiger partial charge < -0.3 is 4.98 Å². The molecular formula is C24H24N2O3S. The molecule has 0 radical (unpaired) electrons. The van der Waals surface area contributed by atoms with Crippen molar-refractivity contribution in [1.29, 1.82) is 0 Å². The Bertz CT molecular complexity index is 1220. The molecule has 2 aromatic carbocycles. The van der Waals surface area contributed by atoms with E-state index in [2.05, 4.69) is 16.0 Å². The van der Waals surface area contributed by atoms with Gasteiger partial charge in [-0.1, -0.05) is 54.6 Å². The number of allylic oxidation sites excluding steroid dienone is 2. The maximum absolute atomic E-state index is 12.6. The lowest BCUT2D eigenvalue weighted by Gasteiger charge is -2.24. The second-order valence-electron chi connectivity index (χ2n) is 7.61. The summed E-state index contributed by atoms with van der Waals surface area (Å²) in [7, 11) is -1.05. The molecule has 0 bridgehead atoms. The van der Waals surface area contributed by atoms with Gasteiger partial charge in [-0.15, -0.1) is 0 Å². The van der Waals surface area contributed by atoms with E-state index in [0.717, 1.165) is 41.0 Å². The van der Waals surface area contributed by atoms with Gasteiger partial charge in [-0.2, -0.15) is 0 Å². The zero-order valence-electron chi connectivity index (χ0n) is 16.8. The maximum atomic E-state index is 12.6. The quantitative estimate of drug-likeness (QED) is 0.660. The highest BCUT2D eigenvalue weighted by atomic mass is 32.2. The number of hydrogen-bond acceptors (Lipinski definition) is 3. The van der Waals surface area contributed by atoms with Crippen molar-refractivity contribution in [1.82, 2.24) is 9.97 Å². The fourth-order valence-corrected chi connectivity index (χ4v) is 4.96. The summed E-state index contributed by atoms with van der Waals surface area (Å²) in [6.07, 6.45) is 6.68. The molecule has 0 spiro atoms. The van der Waals surface area contributed by atoms with Gasteiger partial charge >= 0.3 is 5.69 Å². The lowest BCUT2D eigenvalue weighted by Crippen LogP contribution is -2.30. The molecule has 0 fully saturated rings. The molecule has 1 aliphatic carbocycles. The Hall–Kier alpha value is -2.99. The number of hydrogen-bond donors (Lipinski definition) is 2. The predicted octanol–water partition coefficient (Wildman–Crippen LogP) is 3.74. The van der Waals surface area contributed by atoms with Crippen LogP contribution in [0.5, 0.6) is 0 Å². The van der Waals surface area contributed by atoms with E-state index in [4.69, 9.17) is 0 Å². The Balaban J connectivity index is 1.66. The SMILES string of the molecule is CS(=O)c1ccccc1C1=CCC(c2[nH]c(=O)[nH]c(=O)c2Cc2ccccc2)CC1. The fraction of sp³-hybridized carbons (Fsp3) is 0.250. The molecule has 6 heteroatoms. The molecule has 5 nitrogen and oxygen atoms in total. The minimum atomic E-state index is -1.05. The van der Waals surface area contributed by atoms with Crippen LogP contribution in [0, 0.1) is 0 Å². The monoisotopic (exact) mass is 420 g/mol. The van der Waals surface area contributed by atoms with Gasteiger partial charge in [-0.25, -0.2) is 4.79 Å². The van der Waals surface area contributed by atoms with Crippen LogP contribution < -0.4 is 11.2 Å². The number of nitrogens with one attached hydrogen (secondary N) is 2. The summed E-state index contributed by atoms with van der Waals surface area (Å²) in [6.45, 7) is 0. The van der Waals surface area contributed by atoms with Gasteiger partial charge in [0.1, 0.15) is 0 Å². The highest BCUT2D eigenvalue weighted by Crippen LogP contribution is 2.37. The summed E-state index contributed by atoms with van der Waals surface area (Å²) >= 11 is 0. The molecule has 4 rings (SSSR count). The van der Waals surface area contributed by atoms with Gasteiger partial charge in [0.05, 0.1) is 10.8 Å². The Morgan fingerprint density at radius 3 is 2.43 bits per heavy atom. The predicted molar refractivity (Wildman–Crippen MR) is 120 cm³/mol. The van der Waals surface area contributed by atoms with Crippen molar-refractivity contribution in [3.05, 3.63) is 104 Å². The van der Waals surface area contributed by atoms with Crippen molar-refractivity contribution in [2.75, 3.05) is 6.26 Å². The van der Waals surface area contributed by atoms with Crippen LogP contribution in [-0.4, -0.2) is 20.4 Å². The first-order valence-electron chi connectivity index (χ1n) is 10.0. The maximum Gasteiger partial charge on any atom is 0.325 e. The zero-order valence-corrected chi connectivity index (χ0v) is 17.6. The minimum Gasteiger partial charge on any atom is -0.311 e. The summed E-state index contributed by atoms with van der Waals surface area (Å²) in [6, 6.07) is 17.6.